The summed E-state index contributed by atoms with van der Waals surface area (Å²) in [5.74, 6) is 3.05. The van der Waals surface area contributed by atoms with Gasteiger partial charge >= 0.3 is 0 Å². The van der Waals surface area contributed by atoms with Crippen molar-refractivity contribution >= 4 is 16.6 Å². The number of nitrogens with two attached hydrogens (primary N) is 1. The second-order valence-electron chi connectivity index (χ2n) is 5.32. The monoisotopic (exact) mass is 287 g/mol. The van der Waals surface area contributed by atoms with Gasteiger partial charge in [-0.15, -0.1) is 0 Å². The normalized spacial score (nSPS) is 14.4. The van der Waals surface area contributed by atoms with Gasteiger partial charge in [0.1, 0.15) is 5.82 Å². The van der Waals surface area contributed by atoms with Gasteiger partial charge in [-0.05, 0) is 42.5 Å². The van der Waals surface area contributed by atoms with Crippen molar-refractivity contribution in [3.63, 3.8) is 0 Å². The Hall–Kier alpha value is -2.01. The van der Waals surface area contributed by atoms with Gasteiger partial charge in [0.25, 0.3) is 0 Å². The highest BCUT2D eigenvalue weighted by molar-refractivity contribution is 5.94. The van der Waals surface area contributed by atoms with Crippen LogP contribution in [0.3, 0.4) is 0 Å². The van der Waals surface area contributed by atoms with Crippen molar-refractivity contribution < 1.29 is 9.47 Å². The van der Waals surface area contributed by atoms with Crippen molar-refractivity contribution in [3.8, 4) is 11.5 Å². The first-order valence-electron chi connectivity index (χ1n) is 7.44. The molecule has 0 amide bonds. The minimum absolute atomic E-state index is 0.288. The maximum Gasteiger partial charge on any atom is 0.231 e. The van der Waals surface area contributed by atoms with E-state index in [1.165, 1.54) is 0 Å². The van der Waals surface area contributed by atoms with Crippen LogP contribution in [0.1, 0.15) is 19.8 Å². The van der Waals surface area contributed by atoms with Gasteiger partial charge in [-0.2, -0.15) is 0 Å². The van der Waals surface area contributed by atoms with E-state index in [0.29, 0.717) is 5.92 Å². The highest BCUT2D eigenvalue weighted by Gasteiger charge is 2.16. The van der Waals surface area contributed by atoms with Gasteiger partial charge in [-0.3, -0.25) is 0 Å². The molecule has 0 fully saturated rings. The maximum absolute atomic E-state index is 5.65. The average molecular weight is 287 g/mol. The molecule has 1 unspecified atom stereocenters. The lowest BCUT2D eigenvalue weighted by atomic mass is 10.0. The number of ether oxygens (including phenoxy) is 2. The SMILES string of the molecule is CCC(CCN)CNc1nccc2cc3c(cc12)OCO3. The molecule has 0 radical (unpaired) electrons. The van der Waals surface area contributed by atoms with Gasteiger partial charge < -0.3 is 20.5 Å². The predicted molar refractivity (Wildman–Crippen MR) is 83.8 cm³/mol. The molecular formula is C16H21N3O2. The summed E-state index contributed by atoms with van der Waals surface area (Å²) in [6.07, 6.45) is 3.96. The van der Waals surface area contributed by atoms with E-state index in [2.05, 4.69) is 17.2 Å². The van der Waals surface area contributed by atoms with E-state index in [0.717, 1.165) is 54.0 Å². The highest BCUT2D eigenvalue weighted by atomic mass is 16.7. The molecule has 0 saturated carbocycles. The lowest BCUT2D eigenvalue weighted by molar-refractivity contribution is 0.174. The summed E-state index contributed by atoms with van der Waals surface area (Å²) >= 11 is 0. The Morgan fingerprint density at radius 3 is 2.90 bits per heavy atom. The van der Waals surface area contributed by atoms with Crippen LogP contribution in [0.5, 0.6) is 11.5 Å². The van der Waals surface area contributed by atoms with Gasteiger partial charge in [0.05, 0.1) is 0 Å². The molecule has 1 aromatic carbocycles. The molecule has 0 saturated heterocycles. The zero-order valence-corrected chi connectivity index (χ0v) is 12.3. The van der Waals surface area contributed by atoms with Gasteiger partial charge in [-0.25, -0.2) is 4.98 Å². The smallest absolute Gasteiger partial charge is 0.231 e. The van der Waals surface area contributed by atoms with Crippen molar-refractivity contribution in [1.29, 1.82) is 0 Å². The molecule has 1 aliphatic rings. The molecule has 5 heteroatoms. The fourth-order valence-electron chi connectivity index (χ4n) is 2.63. The molecule has 2 aromatic rings. The van der Waals surface area contributed by atoms with E-state index >= 15 is 0 Å². The molecule has 0 spiro atoms. The number of anilines is 1. The summed E-state index contributed by atoms with van der Waals surface area (Å²) in [6, 6.07) is 5.98. The lowest BCUT2D eigenvalue weighted by Gasteiger charge is -2.16. The third kappa shape index (κ3) is 2.88. The van der Waals surface area contributed by atoms with Crippen LogP contribution in [0.4, 0.5) is 5.82 Å². The van der Waals surface area contributed by atoms with Crippen LogP contribution in [0.2, 0.25) is 0 Å². The minimum Gasteiger partial charge on any atom is -0.454 e. The molecular weight excluding hydrogens is 266 g/mol. The Bertz CT molecular complexity index is 630. The second-order valence-corrected chi connectivity index (χ2v) is 5.32. The summed E-state index contributed by atoms with van der Waals surface area (Å²) in [5, 5.41) is 5.61. The number of benzene rings is 1. The molecule has 5 nitrogen and oxygen atoms in total. The minimum atomic E-state index is 0.288. The number of hydrogen-bond donors (Lipinski definition) is 2. The number of fused-ring (bicyclic) bond motifs is 2. The van der Waals surface area contributed by atoms with Crippen LogP contribution in [0, 0.1) is 5.92 Å². The van der Waals surface area contributed by atoms with Crippen LogP contribution in [-0.2, 0) is 0 Å². The standard InChI is InChI=1S/C16H21N3O2/c1-2-11(3-5-17)9-19-16-13-8-15-14(20-10-21-15)7-12(13)4-6-18-16/h4,6-8,11H,2-3,5,9-10,17H2,1H3,(H,18,19). The van der Waals surface area contributed by atoms with E-state index in [4.69, 9.17) is 15.2 Å². The number of nitrogens with one attached hydrogen (secondary N) is 1. The molecule has 112 valence electrons. The lowest BCUT2D eigenvalue weighted by Crippen LogP contribution is -2.18. The van der Waals surface area contributed by atoms with Gasteiger partial charge in [-0.1, -0.05) is 13.3 Å². The first-order valence-corrected chi connectivity index (χ1v) is 7.44. The summed E-state index contributed by atoms with van der Waals surface area (Å²) in [7, 11) is 0. The summed E-state index contributed by atoms with van der Waals surface area (Å²) in [4.78, 5) is 4.46. The number of hydrogen-bond acceptors (Lipinski definition) is 5. The van der Waals surface area contributed by atoms with E-state index in [1.807, 2.05) is 24.4 Å². The number of nitrogens with zero attached hydrogens (tertiary/aromatic N) is 1. The van der Waals surface area contributed by atoms with Gasteiger partial charge in [0.15, 0.2) is 11.5 Å². The topological polar surface area (TPSA) is 69.4 Å². The Morgan fingerprint density at radius 2 is 2.14 bits per heavy atom. The summed E-state index contributed by atoms with van der Waals surface area (Å²) in [5.41, 5.74) is 5.65. The molecule has 1 aromatic heterocycles. The van der Waals surface area contributed by atoms with Crippen molar-refractivity contribution in [2.45, 2.75) is 19.8 Å². The third-order valence-electron chi connectivity index (χ3n) is 3.97. The van der Waals surface area contributed by atoms with Crippen molar-refractivity contribution in [1.82, 2.24) is 4.98 Å². The van der Waals surface area contributed by atoms with E-state index < -0.39 is 0 Å². The quantitative estimate of drug-likeness (QED) is 0.855. The third-order valence-corrected chi connectivity index (χ3v) is 3.97. The first-order chi connectivity index (χ1) is 10.3. The molecule has 3 N–H and O–H groups in total. The number of rotatable bonds is 6. The Labute approximate surface area is 124 Å². The van der Waals surface area contributed by atoms with Crippen LogP contribution in [0.15, 0.2) is 24.4 Å². The van der Waals surface area contributed by atoms with Gasteiger partial charge in [0, 0.05) is 18.1 Å². The first kappa shape index (κ1) is 13.9. The van der Waals surface area contributed by atoms with Gasteiger partial charge in [0.2, 0.25) is 6.79 Å². The van der Waals surface area contributed by atoms with E-state index in [1.54, 1.807) is 0 Å². The molecule has 2 heterocycles. The van der Waals surface area contributed by atoms with Crippen LogP contribution in [0.25, 0.3) is 10.8 Å². The molecule has 0 aliphatic carbocycles. The Balaban J connectivity index is 1.85. The molecule has 1 atom stereocenters. The van der Waals surface area contributed by atoms with Crippen LogP contribution >= 0.6 is 0 Å². The molecule has 21 heavy (non-hydrogen) atoms. The molecule has 0 bridgehead atoms. The van der Waals surface area contributed by atoms with Crippen LogP contribution in [-0.4, -0.2) is 24.9 Å². The number of pyridine rings is 1. The summed E-state index contributed by atoms with van der Waals surface area (Å²) in [6.45, 7) is 4.09. The van der Waals surface area contributed by atoms with Crippen molar-refractivity contribution in [3.05, 3.63) is 24.4 Å². The fraction of sp³-hybridized carbons (Fsp3) is 0.438. The maximum atomic E-state index is 5.65. The fourth-order valence-corrected chi connectivity index (χ4v) is 2.63. The van der Waals surface area contributed by atoms with E-state index in [9.17, 15) is 0 Å². The highest BCUT2D eigenvalue weighted by Crippen LogP contribution is 2.37. The molecule has 1 aliphatic heterocycles. The van der Waals surface area contributed by atoms with Crippen molar-refractivity contribution in [2.75, 3.05) is 25.2 Å². The zero-order chi connectivity index (χ0) is 14.7. The zero-order valence-electron chi connectivity index (χ0n) is 12.3. The molecule has 3 rings (SSSR count). The largest absolute Gasteiger partial charge is 0.454 e. The Kier molecular flexibility index (Phi) is 4.10. The Morgan fingerprint density at radius 1 is 1.33 bits per heavy atom. The van der Waals surface area contributed by atoms with Crippen molar-refractivity contribution in [2.24, 2.45) is 11.7 Å². The van der Waals surface area contributed by atoms with Crippen LogP contribution < -0.4 is 20.5 Å². The van der Waals surface area contributed by atoms with E-state index in [-0.39, 0.29) is 6.79 Å². The second kappa shape index (κ2) is 6.18. The average Bonchev–Trinajstić information content (AvgIpc) is 2.96. The predicted octanol–water partition coefficient (Wildman–Crippen LogP) is 2.75. The summed E-state index contributed by atoms with van der Waals surface area (Å²) < 4.78 is 10.9. The number of aromatic nitrogens is 1.